The monoisotopic (exact) mass is 356 g/mol. The Morgan fingerprint density at radius 1 is 1.19 bits per heavy atom. The molecule has 1 amide bonds. The summed E-state index contributed by atoms with van der Waals surface area (Å²) >= 11 is 0. The third-order valence-electron chi connectivity index (χ3n) is 3.51. The number of anilines is 1. The number of carbonyl (C=O) groups excluding carboxylic acids is 1. The fourth-order valence-electron chi connectivity index (χ4n) is 2.11. The molecule has 0 saturated carbocycles. The molecule has 0 atom stereocenters. The van der Waals surface area contributed by atoms with Crippen LogP contribution in [0.5, 0.6) is 5.75 Å². The topological polar surface area (TPSA) is 106 Å². The Labute approximate surface area is 151 Å². The summed E-state index contributed by atoms with van der Waals surface area (Å²) in [5.41, 5.74) is 4.07. The van der Waals surface area contributed by atoms with Gasteiger partial charge in [-0.3, -0.25) is 14.9 Å². The van der Waals surface area contributed by atoms with Gasteiger partial charge in [0, 0.05) is 30.8 Å². The first-order chi connectivity index (χ1) is 12.6. The molecule has 0 heterocycles. The molecule has 0 bridgehead atoms. The maximum Gasteiger partial charge on any atom is 0.269 e. The van der Waals surface area contributed by atoms with Gasteiger partial charge < -0.3 is 10.1 Å². The van der Waals surface area contributed by atoms with E-state index in [-0.39, 0.29) is 11.6 Å². The third-order valence-corrected chi connectivity index (χ3v) is 3.51. The van der Waals surface area contributed by atoms with Crippen molar-refractivity contribution in [3.63, 3.8) is 0 Å². The standard InChI is InChI=1S/C18H20N4O4/c1-26-17-10-6-15(7-11-17)19-12-2-3-18(23)21-20-13-14-4-8-16(9-5-14)22(24)25/h4-11,13,19H,2-3,12H2,1H3,(H,21,23)/b20-13+. The first-order valence-electron chi connectivity index (χ1n) is 8.03. The smallest absolute Gasteiger partial charge is 0.269 e. The highest BCUT2D eigenvalue weighted by molar-refractivity contribution is 5.82. The summed E-state index contributed by atoms with van der Waals surface area (Å²) in [5, 5.41) is 17.6. The van der Waals surface area contributed by atoms with Gasteiger partial charge in [0.1, 0.15) is 5.75 Å². The van der Waals surface area contributed by atoms with Crippen molar-refractivity contribution in [3.8, 4) is 5.75 Å². The molecule has 8 nitrogen and oxygen atoms in total. The summed E-state index contributed by atoms with van der Waals surface area (Å²) in [6.45, 7) is 0.659. The van der Waals surface area contributed by atoms with Gasteiger partial charge in [0.25, 0.3) is 5.69 Å². The van der Waals surface area contributed by atoms with Crippen LogP contribution in [-0.2, 0) is 4.79 Å². The van der Waals surface area contributed by atoms with Crippen molar-refractivity contribution in [2.24, 2.45) is 5.10 Å². The lowest BCUT2D eigenvalue weighted by molar-refractivity contribution is -0.384. The van der Waals surface area contributed by atoms with E-state index >= 15 is 0 Å². The minimum Gasteiger partial charge on any atom is -0.497 e. The minimum absolute atomic E-state index is 0.00976. The molecule has 2 N–H and O–H groups in total. The van der Waals surface area contributed by atoms with Crippen molar-refractivity contribution in [2.45, 2.75) is 12.8 Å². The van der Waals surface area contributed by atoms with Crippen LogP contribution >= 0.6 is 0 Å². The number of nitro groups is 1. The van der Waals surface area contributed by atoms with E-state index in [1.807, 2.05) is 24.3 Å². The molecular weight excluding hydrogens is 336 g/mol. The summed E-state index contributed by atoms with van der Waals surface area (Å²) in [5.74, 6) is 0.598. The third kappa shape index (κ3) is 6.23. The number of ether oxygens (including phenoxy) is 1. The van der Waals surface area contributed by atoms with Crippen LogP contribution in [-0.4, -0.2) is 30.7 Å². The Hall–Kier alpha value is -3.42. The molecular formula is C18H20N4O4. The number of rotatable bonds is 9. The van der Waals surface area contributed by atoms with E-state index in [0.717, 1.165) is 11.4 Å². The second-order valence-electron chi connectivity index (χ2n) is 5.40. The number of nitrogens with one attached hydrogen (secondary N) is 2. The molecule has 8 heteroatoms. The van der Waals surface area contributed by atoms with Crippen LogP contribution in [0.1, 0.15) is 18.4 Å². The highest BCUT2D eigenvalue weighted by Crippen LogP contribution is 2.15. The van der Waals surface area contributed by atoms with E-state index in [2.05, 4.69) is 15.8 Å². The fraction of sp³-hybridized carbons (Fsp3) is 0.222. The lowest BCUT2D eigenvalue weighted by Gasteiger charge is -2.06. The van der Waals surface area contributed by atoms with Crippen LogP contribution < -0.4 is 15.5 Å². The van der Waals surface area contributed by atoms with Crippen LogP contribution in [0, 0.1) is 10.1 Å². The zero-order valence-corrected chi connectivity index (χ0v) is 14.3. The lowest BCUT2D eigenvalue weighted by Crippen LogP contribution is -2.18. The first-order valence-corrected chi connectivity index (χ1v) is 8.03. The fourth-order valence-corrected chi connectivity index (χ4v) is 2.11. The first kappa shape index (κ1) is 18.9. The average Bonchev–Trinajstić information content (AvgIpc) is 2.66. The number of nitrogens with zero attached hydrogens (tertiary/aromatic N) is 2. The largest absolute Gasteiger partial charge is 0.497 e. The second-order valence-corrected chi connectivity index (χ2v) is 5.40. The number of hydrogen-bond acceptors (Lipinski definition) is 6. The predicted molar refractivity (Wildman–Crippen MR) is 99.6 cm³/mol. The van der Waals surface area contributed by atoms with E-state index in [0.29, 0.717) is 24.9 Å². The molecule has 0 aromatic heterocycles. The van der Waals surface area contributed by atoms with Gasteiger partial charge in [-0.1, -0.05) is 0 Å². The van der Waals surface area contributed by atoms with Crippen LogP contribution in [0.25, 0.3) is 0 Å². The van der Waals surface area contributed by atoms with Gasteiger partial charge in [-0.15, -0.1) is 0 Å². The van der Waals surface area contributed by atoms with Gasteiger partial charge in [0.15, 0.2) is 0 Å². The zero-order valence-electron chi connectivity index (χ0n) is 14.3. The van der Waals surface area contributed by atoms with Crippen LogP contribution in [0.15, 0.2) is 53.6 Å². The lowest BCUT2D eigenvalue weighted by atomic mass is 10.2. The van der Waals surface area contributed by atoms with Gasteiger partial charge in [-0.25, -0.2) is 5.43 Å². The zero-order chi connectivity index (χ0) is 18.8. The van der Waals surface area contributed by atoms with Crippen LogP contribution in [0.4, 0.5) is 11.4 Å². The molecule has 0 unspecified atom stereocenters. The summed E-state index contributed by atoms with van der Waals surface area (Å²) in [6, 6.07) is 13.4. The van der Waals surface area contributed by atoms with Crippen LogP contribution in [0.2, 0.25) is 0 Å². The van der Waals surface area contributed by atoms with E-state index < -0.39 is 4.92 Å². The number of non-ortho nitro benzene ring substituents is 1. The highest BCUT2D eigenvalue weighted by atomic mass is 16.6. The van der Waals surface area contributed by atoms with Crippen LogP contribution in [0.3, 0.4) is 0 Å². The van der Waals surface area contributed by atoms with Gasteiger partial charge in [-0.2, -0.15) is 5.10 Å². The van der Waals surface area contributed by atoms with Crippen molar-refractivity contribution < 1.29 is 14.5 Å². The van der Waals surface area contributed by atoms with E-state index in [4.69, 9.17) is 4.74 Å². The molecule has 0 radical (unpaired) electrons. The molecule has 0 aliphatic heterocycles. The molecule has 0 saturated heterocycles. The number of amides is 1. The van der Waals surface area contributed by atoms with E-state index in [1.54, 1.807) is 19.2 Å². The summed E-state index contributed by atoms with van der Waals surface area (Å²) in [7, 11) is 1.62. The normalized spacial score (nSPS) is 10.5. The molecule has 0 aliphatic carbocycles. The quantitative estimate of drug-likeness (QED) is 0.311. The van der Waals surface area contributed by atoms with Crippen molar-refractivity contribution in [1.82, 2.24) is 5.43 Å². The molecule has 26 heavy (non-hydrogen) atoms. The summed E-state index contributed by atoms with van der Waals surface area (Å²) < 4.78 is 5.09. The Bertz CT molecular complexity index is 758. The Balaban J connectivity index is 1.65. The summed E-state index contributed by atoms with van der Waals surface area (Å²) in [4.78, 5) is 21.8. The number of methoxy groups -OCH3 is 1. The maximum absolute atomic E-state index is 11.7. The number of nitro benzene ring substituents is 1. The number of benzene rings is 2. The highest BCUT2D eigenvalue weighted by Gasteiger charge is 2.03. The van der Waals surface area contributed by atoms with Gasteiger partial charge in [-0.05, 0) is 48.4 Å². The molecule has 0 spiro atoms. The maximum atomic E-state index is 11.7. The number of hydrogen-bond donors (Lipinski definition) is 2. The second kappa shape index (κ2) is 9.77. The SMILES string of the molecule is COc1ccc(NCCCC(=O)N/N=C/c2ccc([N+](=O)[O-])cc2)cc1. The van der Waals surface area contributed by atoms with E-state index in [1.165, 1.54) is 18.3 Å². The van der Waals surface area contributed by atoms with Crippen molar-refractivity contribution in [3.05, 3.63) is 64.2 Å². The molecule has 0 aliphatic rings. The van der Waals surface area contributed by atoms with Gasteiger partial charge in [0.2, 0.25) is 5.91 Å². The Kier molecular flexibility index (Phi) is 7.11. The number of hydrazone groups is 1. The van der Waals surface area contributed by atoms with Crippen molar-refractivity contribution in [2.75, 3.05) is 19.0 Å². The molecule has 2 aromatic carbocycles. The van der Waals surface area contributed by atoms with Gasteiger partial charge in [0.05, 0.1) is 18.2 Å². The molecule has 136 valence electrons. The molecule has 0 fully saturated rings. The predicted octanol–water partition coefficient (Wildman–Crippen LogP) is 2.95. The number of carbonyl (C=O) groups is 1. The van der Waals surface area contributed by atoms with Crippen molar-refractivity contribution >= 4 is 23.5 Å². The minimum atomic E-state index is -0.470. The van der Waals surface area contributed by atoms with Crippen molar-refractivity contribution in [1.29, 1.82) is 0 Å². The van der Waals surface area contributed by atoms with E-state index in [9.17, 15) is 14.9 Å². The average molecular weight is 356 g/mol. The molecule has 2 aromatic rings. The Morgan fingerprint density at radius 3 is 2.50 bits per heavy atom. The van der Waals surface area contributed by atoms with Gasteiger partial charge >= 0.3 is 0 Å². The molecule has 2 rings (SSSR count). The Morgan fingerprint density at radius 2 is 1.88 bits per heavy atom. The summed E-state index contributed by atoms with van der Waals surface area (Å²) in [6.07, 6.45) is 2.43.